The van der Waals surface area contributed by atoms with Crippen molar-refractivity contribution in [3.63, 3.8) is 0 Å². The number of amides is 1. The second-order valence-corrected chi connectivity index (χ2v) is 3.56. The molecule has 1 unspecified atom stereocenters. The predicted octanol–water partition coefficient (Wildman–Crippen LogP) is 0.228. The highest BCUT2D eigenvalue weighted by atomic mass is 16.5. The Morgan fingerprint density at radius 1 is 1.33 bits per heavy atom. The lowest BCUT2D eigenvalue weighted by atomic mass is 10.1. The number of aromatic carboxylic acids is 1. The maximum Gasteiger partial charge on any atom is 0.337 e. The average Bonchev–Trinajstić information content (AvgIpc) is 2.30. The van der Waals surface area contributed by atoms with E-state index in [1.807, 2.05) is 0 Å². The normalized spacial score (nSPS) is 11.7. The summed E-state index contributed by atoms with van der Waals surface area (Å²) in [6.45, 7) is 1.44. The summed E-state index contributed by atoms with van der Waals surface area (Å²) in [5.41, 5.74) is 10.5. The van der Waals surface area contributed by atoms with E-state index in [9.17, 15) is 9.59 Å². The van der Waals surface area contributed by atoms with Gasteiger partial charge in [-0.25, -0.2) is 4.79 Å². The first kappa shape index (κ1) is 13.6. The van der Waals surface area contributed by atoms with Gasteiger partial charge in [0.1, 0.15) is 0 Å². The number of rotatable bonds is 5. The van der Waals surface area contributed by atoms with Crippen molar-refractivity contribution in [3.8, 4) is 11.5 Å². The van der Waals surface area contributed by atoms with Gasteiger partial charge < -0.3 is 26.0 Å². The van der Waals surface area contributed by atoms with Crippen LogP contribution >= 0.6 is 0 Å². The fraction of sp³-hybridized carbons (Fsp3) is 0.273. The van der Waals surface area contributed by atoms with Gasteiger partial charge in [-0.15, -0.1) is 0 Å². The van der Waals surface area contributed by atoms with Gasteiger partial charge >= 0.3 is 5.97 Å². The van der Waals surface area contributed by atoms with Gasteiger partial charge in [0.2, 0.25) is 0 Å². The Kier molecular flexibility index (Phi) is 3.98. The van der Waals surface area contributed by atoms with E-state index in [2.05, 4.69) is 0 Å². The van der Waals surface area contributed by atoms with E-state index in [0.717, 1.165) is 0 Å². The Morgan fingerprint density at radius 3 is 2.39 bits per heavy atom. The highest BCUT2D eigenvalue weighted by Crippen LogP contribution is 2.32. The molecule has 0 spiro atoms. The van der Waals surface area contributed by atoms with Crippen LogP contribution in [0.1, 0.15) is 17.3 Å². The summed E-state index contributed by atoms with van der Waals surface area (Å²) in [7, 11) is 1.37. The molecule has 1 atom stereocenters. The van der Waals surface area contributed by atoms with Gasteiger partial charge in [-0.2, -0.15) is 0 Å². The van der Waals surface area contributed by atoms with E-state index in [1.54, 1.807) is 0 Å². The molecular weight excluding hydrogens is 240 g/mol. The topological polar surface area (TPSA) is 125 Å². The van der Waals surface area contributed by atoms with Crippen LogP contribution in [0.4, 0.5) is 5.69 Å². The number of methoxy groups -OCH3 is 1. The Bertz CT molecular complexity index is 487. The molecule has 0 aliphatic heterocycles. The molecule has 0 aromatic heterocycles. The number of carbonyl (C=O) groups excluding carboxylic acids is 1. The maximum absolute atomic E-state index is 10.9. The first-order chi connectivity index (χ1) is 8.36. The number of benzene rings is 1. The second kappa shape index (κ2) is 5.26. The van der Waals surface area contributed by atoms with Gasteiger partial charge in [-0.05, 0) is 6.92 Å². The highest BCUT2D eigenvalue weighted by Gasteiger charge is 2.18. The number of ether oxygens (including phenoxy) is 2. The Morgan fingerprint density at radius 2 is 1.94 bits per heavy atom. The minimum absolute atomic E-state index is 0.0402. The summed E-state index contributed by atoms with van der Waals surface area (Å²) in [5.74, 6) is -1.56. The SMILES string of the molecule is COc1cc(N)c(C(=O)O)cc1OC(C)C(N)=O. The van der Waals surface area contributed by atoms with Crippen molar-refractivity contribution in [2.24, 2.45) is 5.73 Å². The number of carboxylic acid groups (broad SMARTS) is 1. The molecule has 0 saturated heterocycles. The zero-order valence-electron chi connectivity index (χ0n) is 9.97. The number of nitrogens with two attached hydrogens (primary N) is 2. The van der Waals surface area contributed by atoms with Crippen molar-refractivity contribution in [3.05, 3.63) is 17.7 Å². The van der Waals surface area contributed by atoms with Crippen LogP contribution in [0.25, 0.3) is 0 Å². The van der Waals surface area contributed by atoms with E-state index >= 15 is 0 Å². The second-order valence-electron chi connectivity index (χ2n) is 3.56. The van der Waals surface area contributed by atoms with Gasteiger partial charge in [0.05, 0.1) is 18.4 Å². The van der Waals surface area contributed by atoms with Crippen LogP contribution in [0.3, 0.4) is 0 Å². The fourth-order valence-corrected chi connectivity index (χ4v) is 1.26. The number of carbonyl (C=O) groups is 2. The third-order valence-corrected chi connectivity index (χ3v) is 2.27. The van der Waals surface area contributed by atoms with Crippen LogP contribution in [0.5, 0.6) is 11.5 Å². The summed E-state index contributed by atoms with van der Waals surface area (Å²) < 4.78 is 10.2. The molecule has 0 fully saturated rings. The molecule has 1 aromatic carbocycles. The van der Waals surface area contributed by atoms with Gasteiger partial charge in [-0.3, -0.25) is 4.79 Å². The minimum Gasteiger partial charge on any atom is -0.493 e. The first-order valence-corrected chi connectivity index (χ1v) is 5.03. The van der Waals surface area contributed by atoms with Gasteiger partial charge in [0, 0.05) is 12.1 Å². The molecule has 5 N–H and O–H groups in total. The quantitative estimate of drug-likeness (QED) is 0.646. The van der Waals surface area contributed by atoms with Crippen LogP contribution < -0.4 is 20.9 Å². The van der Waals surface area contributed by atoms with Crippen LogP contribution in [-0.4, -0.2) is 30.2 Å². The lowest BCUT2D eigenvalue weighted by Gasteiger charge is -2.15. The Hall–Kier alpha value is -2.44. The summed E-state index contributed by atoms with van der Waals surface area (Å²) >= 11 is 0. The summed E-state index contributed by atoms with van der Waals surface area (Å²) in [6.07, 6.45) is -0.913. The first-order valence-electron chi connectivity index (χ1n) is 5.03. The van der Waals surface area contributed by atoms with Crippen molar-refractivity contribution in [2.45, 2.75) is 13.0 Å². The number of primary amides is 1. The highest BCUT2D eigenvalue weighted by molar-refractivity contribution is 5.94. The molecule has 7 heteroatoms. The van der Waals surface area contributed by atoms with Crippen LogP contribution in [-0.2, 0) is 4.79 Å². The van der Waals surface area contributed by atoms with E-state index < -0.39 is 18.0 Å². The predicted molar refractivity (Wildman–Crippen MR) is 63.7 cm³/mol. The monoisotopic (exact) mass is 254 g/mol. The summed E-state index contributed by atoms with van der Waals surface area (Å²) in [6, 6.07) is 2.50. The third-order valence-electron chi connectivity index (χ3n) is 2.27. The molecule has 98 valence electrons. The van der Waals surface area contributed by atoms with Crippen LogP contribution in [0.2, 0.25) is 0 Å². The van der Waals surface area contributed by atoms with Crippen molar-refractivity contribution in [1.82, 2.24) is 0 Å². The third kappa shape index (κ3) is 2.82. The smallest absolute Gasteiger partial charge is 0.337 e. The van der Waals surface area contributed by atoms with E-state index in [4.69, 9.17) is 26.0 Å². The summed E-state index contributed by atoms with van der Waals surface area (Å²) in [5, 5.41) is 8.93. The molecule has 0 heterocycles. The number of carboxylic acids is 1. The molecule has 0 saturated carbocycles. The standard InChI is InChI=1S/C11H14N2O5/c1-5(10(13)14)18-9-3-6(11(15)16)7(12)4-8(9)17-2/h3-5H,12H2,1-2H3,(H2,13,14)(H,15,16). The van der Waals surface area contributed by atoms with E-state index in [1.165, 1.54) is 26.2 Å². The number of hydrogen-bond acceptors (Lipinski definition) is 5. The van der Waals surface area contributed by atoms with Crippen LogP contribution in [0, 0.1) is 0 Å². The molecule has 0 bridgehead atoms. The molecule has 1 rings (SSSR count). The van der Waals surface area contributed by atoms with Gasteiger partial charge in [0.15, 0.2) is 17.6 Å². The molecule has 0 radical (unpaired) electrons. The Labute approximate surface area is 103 Å². The van der Waals surface area contributed by atoms with Gasteiger partial charge in [0.25, 0.3) is 5.91 Å². The largest absolute Gasteiger partial charge is 0.493 e. The fourth-order valence-electron chi connectivity index (χ4n) is 1.26. The maximum atomic E-state index is 10.9. The molecule has 0 aliphatic carbocycles. The zero-order valence-corrected chi connectivity index (χ0v) is 9.97. The van der Waals surface area contributed by atoms with Crippen molar-refractivity contribution < 1.29 is 24.2 Å². The van der Waals surface area contributed by atoms with E-state index in [0.29, 0.717) is 0 Å². The lowest BCUT2D eigenvalue weighted by Crippen LogP contribution is -2.30. The molecule has 7 nitrogen and oxygen atoms in total. The minimum atomic E-state index is -1.20. The molecule has 18 heavy (non-hydrogen) atoms. The average molecular weight is 254 g/mol. The lowest BCUT2D eigenvalue weighted by molar-refractivity contribution is -0.124. The zero-order chi connectivity index (χ0) is 13.9. The Balaban J connectivity index is 3.19. The van der Waals surface area contributed by atoms with E-state index in [-0.39, 0.29) is 22.7 Å². The van der Waals surface area contributed by atoms with Crippen molar-refractivity contribution >= 4 is 17.6 Å². The molecule has 0 aliphatic rings. The summed E-state index contributed by atoms with van der Waals surface area (Å²) in [4.78, 5) is 21.8. The number of nitrogen functional groups attached to an aromatic ring is 1. The van der Waals surface area contributed by atoms with Gasteiger partial charge in [-0.1, -0.05) is 0 Å². The van der Waals surface area contributed by atoms with Crippen LogP contribution in [0.15, 0.2) is 12.1 Å². The molecule has 1 aromatic rings. The van der Waals surface area contributed by atoms with Crippen molar-refractivity contribution in [1.29, 1.82) is 0 Å². The number of anilines is 1. The molecule has 1 amide bonds. The molecular formula is C11H14N2O5. The van der Waals surface area contributed by atoms with Crippen molar-refractivity contribution in [2.75, 3.05) is 12.8 Å². The number of hydrogen-bond donors (Lipinski definition) is 3.